The first-order chi connectivity index (χ1) is 14.3. The molecule has 0 aromatic heterocycles. The van der Waals surface area contributed by atoms with Crippen molar-refractivity contribution < 1.29 is 0 Å². The highest BCUT2D eigenvalue weighted by atomic mass is 32.2. The Kier molecular flexibility index (Phi) is 5.79. The third-order valence-electron chi connectivity index (χ3n) is 4.90. The third-order valence-corrected chi connectivity index (χ3v) is 6.02. The molecule has 29 heavy (non-hydrogen) atoms. The quantitative estimate of drug-likeness (QED) is 0.318. The van der Waals surface area contributed by atoms with E-state index in [0.29, 0.717) is 0 Å². The molecule has 0 atom stereocenters. The summed E-state index contributed by atoms with van der Waals surface area (Å²) in [7, 11) is 0. The van der Waals surface area contributed by atoms with Gasteiger partial charge >= 0.3 is 0 Å². The maximum atomic E-state index is 4.04. The van der Waals surface area contributed by atoms with Crippen molar-refractivity contribution >= 4 is 23.9 Å². The summed E-state index contributed by atoms with van der Waals surface area (Å²) in [6.45, 7) is 8.07. The van der Waals surface area contributed by atoms with Crippen LogP contribution in [0, 0.1) is 0 Å². The Hall–Kier alpha value is -3.29. The lowest BCUT2D eigenvalue weighted by Crippen LogP contribution is -1.90. The smallest absolute Gasteiger partial charge is 0.0207 e. The van der Waals surface area contributed by atoms with Crippen molar-refractivity contribution in [3.05, 3.63) is 121 Å². The molecular formula is C28H22S. The van der Waals surface area contributed by atoms with Gasteiger partial charge in [-0.1, -0.05) is 122 Å². The monoisotopic (exact) mass is 390 g/mol. The standard InChI is InChI=1S/C28H22S/c1-3-21-17-11-19-25(27(21)23-13-7-5-8-14-23)29-26-20-12-18-22(4-2)28(26)24-15-9-6-10-16-24/h3-20H,1-2H2. The van der Waals surface area contributed by atoms with Gasteiger partial charge in [-0.2, -0.15) is 0 Å². The fraction of sp³-hybridized carbons (Fsp3) is 0. The Bertz CT molecular complexity index is 1050. The van der Waals surface area contributed by atoms with Crippen LogP contribution in [0.1, 0.15) is 11.1 Å². The Morgan fingerprint density at radius 1 is 0.483 bits per heavy atom. The summed E-state index contributed by atoms with van der Waals surface area (Å²) >= 11 is 1.79. The minimum absolute atomic E-state index is 1.14. The Labute approximate surface area is 177 Å². The Balaban J connectivity index is 1.89. The lowest BCUT2D eigenvalue weighted by molar-refractivity contribution is 1.38. The van der Waals surface area contributed by atoms with E-state index in [9.17, 15) is 0 Å². The summed E-state index contributed by atoms with van der Waals surface area (Å²) in [5, 5.41) is 0. The molecule has 0 saturated heterocycles. The largest absolute Gasteiger partial charge is 0.0984 e. The van der Waals surface area contributed by atoms with Gasteiger partial charge < -0.3 is 0 Å². The van der Waals surface area contributed by atoms with Gasteiger partial charge in [0.25, 0.3) is 0 Å². The minimum Gasteiger partial charge on any atom is -0.0984 e. The van der Waals surface area contributed by atoms with Gasteiger partial charge in [0.05, 0.1) is 0 Å². The van der Waals surface area contributed by atoms with Crippen LogP contribution < -0.4 is 0 Å². The molecule has 0 fully saturated rings. The van der Waals surface area contributed by atoms with Gasteiger partial charge in [0.15, 0.2) is 0 Å². The molecule has 0 N–H and O–H groups in total. The zero-order valence-electron chi connectivity index (χ0n) is 16.2. The van der Waals surface area contributed by atoms with Crippen molar-refractivity contribution in [2.45, 2.75) is 9.79 Å². The first-order valence-electron chi connectivity index (χ1n) is 9.61. The topological polar surface area (TPSA) is 0 Å². The van der Waals surface area contributed by atoms with E-state index >= 15 is 0 Å². The fourth-order valence-electron chi connectivity index (χ4n) is 3.55. The molecule has 4 aromatic carbocycles. The molecule has 0 aliphatic carbocycles. The molecule has 1 heteroatoms. The zero-order chi connectivity index (χ0) is 20.1. The normalized spacial score (nSPS) is 10.5. The highest BCUT2D eigenvalue weighted by Crippen LogP contribution is 2.43. The Morgan fingerprint density at radius 2 is 0.897 bits per heavy atom. The summed E-state index contributed by atoms with van der Waals surface area (Å²) in [6, 6.07) is 33.9. The number of hydrogen-bond acceptors (Lipinski definition) is 1. The van der Waals surface area contributed by atoms with Gasteiger partial charge in [0, 0.05) is 20.9 Å². The molecule has 4 rings (SSSR count). The maximum Gasteiger partial charge on any atom is 0.0207 e. The second-order valence-electron chi connectivity index (χ2n) is 6.68. The highest BCUT2D eigenvalue weighted by molar-refractivity contribution is 7.99. The second kappa shape index (κ2) is 8.81. The van der Waals surface area contributed by atoms with Crippen LogP contribution in [0.5, 0.6) is 0 Å². The van der Waals surface area contributed by atoms with Crippen molar-refractivity contribution in [2.24, 2.45) is 0 Å². The summed E-state index contributed by atoms with van der Waals surface area (Å²) in [4.78, 5) is 2.43. The van der Waals surface area contributed by atoms with Crippen molar-refractivity contribution in [1.82, 2.24) is 0 Å². The number of rotatable bonds is 6. The molecule has 4 aromatic rings. The van der Waals surface area contributed by atoms with Crippen LogP contribution in [-0.2, 0) is 0 Å². The number of hydrogen-bond donors (Lipinski definition) is 0. The van der Waals surface area contributed by atoms with Crippen molar-refractivity contribution in [3.63, 3.8) is 0 Å². The predicted molar refractivity (Wildman–Crippen MR) is 128 cm³/mol. The van der Waals surface area contributed by atoms with Crippen LogP contribution in [-0.4, -0.2) is 0 Å². The van der Waals surface area contributed by atoms with Gasteiger partial charge in [-0.25, -0.2) is 0 Å². The van der Waals surface area contributed by atoms with Crippen LogP contribution in [0.2, 0.25) is 0 Å². The second-order valence-corrected chi connectivity index (χ2v) is 7.77. The molecule has 0 bridgehead atoms. The van der Waals surface area contributed by atoms with E-state index in [4.69, 9.17) is 0 Å². The van der Waals surface area contributed by atoms with Gasteiger partial charge in [0.1, 0.15) is 0 Å². The highest BCUT2D eigenvalue weighted by Gasteiger charge is 2.14. The van der Waals surface area contributed by atoms with Crippen LogP contribution >= 0.6 is 11.8 Å². The molecule has 0 unspecified atom stereocenters. The molecule has 0 spiro atoms. The van der Waals surface area contributed by atoms with Crippen molar-refractivity contribution in [1.29, 1.82) is 0 Å². The van der Waals surface area contributed by atoms with Gasteiger partial charge in [-0.05, 0) is 34.4 Å². The van der Waals surface area contributed by atoms with Crippen LogP contribution in [0.4, 0.5) is 0 Å². The van der Waals surface area contributed by atoms with Crippen LogP contribution in [0.25, 0.3) is 34.4 Å². The van der Waals surface area contributed by atoms with Crippen LogP contribution in [0.3, 0.4) is 0 Å². The minimum atomic E-state index is 1.14. The number of benzene rings is 4. The summed E-state index contributed by atoms with van der Waals surface area (Å²) < 4.78 is 0. The van der Waals surface area contributed by atoms with E-state index in [0.717, 1.165) is 11.1 Å². The first kappa shape index (κ1) is 19.0. The predicted octanol–water partition coefficient (Wildman–Crippen LogP) is 8.46. The molecule has 0 aliphatic rings. The van der Waals surface area contributed by atoms with Gasteiger partial charge in [-0.15, -0.1) is 0 Å². The molecule has 0 heterocycles. The fourth-order valence-corrected chi connectivity index (χ4v) is 4.76. The summed E-state index contributed by atoms with van der Waals surface area (Å²) in [6.07, 6.45) is 3.87. The van der Waals surface area contributed by atoms with Crippen molar-refractivity contribution in [2.75, 3.05) is 0 Å². The van der Waals surface area contributed by atoms with Gasteiger partial charge in [0.2, 0.25) is 0 Å². The molecule has 0 radical (unpaired) electrons. The van der Waals surface area contributed by atoms with Crippen molar-refractivity contribution in [3.8, 4) is 22.3 Å². The lowest BCUT2D eigenvalue weighted by Gasteiger charge is -2.16. The molecular weight excluding hydrogens is 368 g/mol. The van der Waals surface area contributed by atoms with E-state index < -0.39 is 0 Å². The average molecular weight is 391 g/mol. The molecule has 0 nitrogen and oxygen atoms in total. The third kappa shape index (κ3) is 3.96. The van der Waals surface area contributed by atoms with Crippen LogP contribution in [0.15, 0.2) is 120 Å². The molecule has 0 aliphatic heterocycles. The van der Waals surface area contributed by atoms with E-state index in [2.05, 4.69) is 98.1 Å². The molecule has 0 amide bonds. The maximum absolute atomic E-state index is 4.04. The lowest BCUT2D eigenvalue weighted by atomic mass is 9.99. The Morgan fingerprint density at radius 3 is 1.28 bits per heavy atom. The molecule has 0 saturated carbocycles. The summed E-state index contributed by atoms with van der Waals surface area (Å²) in [5.74, 6) is 0. The summed E-state index contributed by atoms with van der Waals surface area (Å²) in [5.41, 5.74) is 7.12. The van der Waals surface area contributed by atoms with E-state index in [1.54, 1.807) is 11.8 Å². The SMILES string of the molecule is C=Cc1cccc(Sc2cccc(C=C)c2-c2ccccc2)c1-c1ccccc1. The van der Waals surface area contributed by atoms with E-state index in [1.807, 2.05) is 24.3 Å². The zero-order valence-corrected chi connectivity index (χ0v) is 17.0. The van der Waals surface area contributed by atoms with E-state index in [1.165, 1.54) is 32.0 Å². The average Bonchev–Trinajstić information content (AvgIpc) is 2.80. The van der Waals surface area contributed by atoms with Gasteiger partial charge in [-0.3, -0.25) is 0 Å². The van der Waals surface area contributed by atoms with E-state index in [-0.39, 0.29) is 0 Å². The molecule has 140 valence electrons. The first-order valence-corrected chi connectivity index (χ1v) is 10.4.